The predicted molar refractivity (Wildman–Crippen MR) is 111 cm³/mol. The van der Waals surface area contributed by atoms with E-state index < -0.39 is 24.4 Å². The fraction of sp³-hybridized carbons (Fsp3) is 0.286. The molecule has 0 fully saturated rings. The highest BCUT2D eigenvalue weighted by atomic mass is 35.5. The topological polar surface area (TPSA) is 93.7 Å². The Morgan fingerprint density at radius 3 is 2.38 bits per heavy atom. The van der Waals surface area contributed by atoms with Crippen LogP contribution in [0.2, 0.25) is 5.02 Å². The Hall–Kier alpha value is -3.06. The van der Waals surface area contributed by atoms with Gasteiger partial charge in [-0.1, -0.05) is 17.7 Å². The van der Waals surface area contributed by atoms with Crippen LogP contribution in [-0.2, 0) is 14.3 Å². The summed E-state index contributed by atoms with van der Waals surface area (Å²) in [5.41, 5.74) is 3.67. The van der Waals surface area contributed by atoms with E-state index in [1.807, 2.05) is 19.9 Å². The van der Waals surface area contributed by atoms with E-state index in [9.17, 15) is 14.4 Å². The van der Waals surface area contributed by atoms with E-state index in [0.717, 1.165) is 16.7 Å². The van der Waals surface area contributed by atoms with Crippen molar-refractivity contribution in [1.29, 1.82) is 0 Å². The Morgan fingerprint density at radius 1 is 1.00 bits per heavy atom. The highest BCUT2D eigenvalue weighted by Crippen LogP contribution is 2.30. The number of carbonyl (C=O) groups is 3. The molecule has 2 rings (SSSR count). The number of anilines is 1. The molecule has 2 aromatic carbocycles. The normalized spacial score (nSPS) is 10.2. The number of rotatable bonds is 7. The zero-order valence-corrected chi connectivity index (χ0v) is 17.5. The number of ether oxygens (including phenoxy) is 2. The molecule has 29 heavy (non-hydrogen) atoms. The Kier molecular flexibility index (Phi) is 7.61. The molecular weight excluding hydrogens is 396 g/mol. The maximum absolute atomic E-state index is 12.1. The smallest absolute Gasteiger partial charge is 0.325 e. The quantitative estimate of drug-likeness (QED) is 0.673. The summed E-state index contributed by atoms with van der Waals surface area (Å²) in [7, 11) is 1.45. The monoisotopic (exact) mass is 418 g/mol. The van der Waals surface area contributed by atoms with Crippen molar-refractivity contribution in [1.82, 2.24) is 5.32 Å². The number of carbonyl (C=O) groups excluding carboxylic acids is 3. The van der Waals surface area contributed by atoms with E-state index in [2.05, 4.69) is 10.6 Å². The lowest BCUT2D eigenvalue weighted by atomic mass is 10.1. The minimum atomic E-state index is -0.725. The van der Waals surface area contributed by atoms with Gasteiger partial charge in [-0.15, -0.1) is 0 Å². The zero-order valence-electron chi connectivity index (χ0n) is 16.7. The van der Waals surface area contributed by atoms with Crippen LogP contribution in [0.3, 0.4) is 0 Å². The van der Waals surface area contributed by atoms with Crippen LogP contribution >= 0.6 is 11.6 Å². The Morgan fingerprint density at radius 2 is 1.72 bits per heavy atom. The second kappa shape index (κ2) is 9.93. The van der Waals surface area contributed by atoms with Gasteiger partial charge in [0.2, 0.25) is 0 Å². The fourth-order valence-corrected chi connectivity index (χ4v) is 2.60. The molecule has 0 atom stereocenters. The van der Waals surface area contributed by atoms with Gasteiger partial charge >= 0.3 is 5.97 Å². The molecule has 2 amide bonds. The van der Waals surface area contributed by atoms with Crippen molar-refractivity contribution in [3.8, 4) is 5.75 Å². The molecule has 0 radical (unpaired) electrons. The first kappa shape index (κ1) is 22.2. The van der Waals surface area contributed by atoms with Crippen LogP contribution in [0.4, 0.5) is 5.69 Å². The van der Waals surface area contributed by atoms with Crippen LogP contribution in [-0.4, -0.2) is 38.0 Å². The first-order valence-corrected chi connectivity index (χ1v) is 9.24. The molecule has 0 saturated heterocycles. The number of methoxy groups -OCH3 is 1. The summed E-state index contributed by atoms with van der Waals surface area (Å²) < 4.78 is 10.1. The molecule has 8 heteroatoms. The maximum atomic E-state index is 12.1. The van der Waals surface area contributed by atoms with Gasteiger partial charge in [0.15, 0.2) is 6.61 Å². The SMILES string of the molecule is COc1cc(Cl)c(C)cc1NC(=O)COC(=O)CNC(=O)c1ccc(C)c(C)c1. The average molecular weight is 419 g/mol. The third kappa shape index (κ3) is 6.22. The van der Waals surface area contributed by atoms with E-state index in [-0.39, 0.29) is 6.54 Å². The molecular formula is C21H23ClN2O5. The van der Waals surface area contributed by atoms with Gasteiger partial charge in [0.25, 0.3) is 11.8 Å². The number of hydrogen-bond donors (Lipinski definition) is 2. The molecule has 0 aromatic heterocycles. The highest BCUT2D eigenvalue weighted by Gasteiger charge is 2.14. The van der Waals surface area contributed by atoms with E-state index in [1.54, 1.807) is 31.2 Å². The van der Waals surface area contributed by atoms with Crippen LogP contribution in [0.15, 0.2) is 30.3 Å². The van der Waals surface area contributed by atoms with Crippen molar-refractivity contribution in [3.05, 3.63) is 57.6 Å². The lowest BCUT2D eigenvalue weighted by Crippen LogP contribution is -2.32. The van der Waals surface area contributed by atoms with Gasteiger partial charge in [0.05, 0.1) is 12.8 Å². The van der Waals surface area contributed by atoms with Gasteiger partial charge < -0.3 is 20.1 Å². The van der Waals surface area contributed by atoms with Crippen molar-refractivity contribution in [2.24, 2.45) is 0 Å². The number of hydrogen-bond acceptors (Lipinski definition) is 5. The van der Waals surface area contributed by atoms with Crippen molar-refractivity contribution in [2.75, 3.05) is 25.6 Å². The van der Waals surface area contributed by atoms with Crippen molar-refractivity contribution in [2.45, 2.75) is 20.8 Å². The number of benzene rings is 2. The maximum Gasteiger partial charge on any atom is 0.325 e. The summed E-state index contributed by atoms with van der Waals surface area (Å²) in [6.07, 6.45) is 0. The van der Waals surface area contributed by atoms with Crippen LogP contribution in [0, 0.1) is 20.8 Å². The molecule has 0 heterocycles. The first-order valence-electron chi connectivity index (χ1n) is 8.86. The van der Waals surface area contributed by atoms with E-state index in [1.165, 1.54) is 7.11 Å². The van der Waals surface area contributed by atoms with Crippen molar-refractivity contribution >= 4 is 35.1 Å². The number of esters is 1. The third-order valence-corrected chi connectivity index (χ3v) is 4.69. The van der Waals surface area contributed by atoms with Crippen LogP contribution in [0.5, 0.6) is 5.75 Å². The van der Waals surface area contributed by atoms with Gasteiger partial charge in [-0.3, -0.25) is 14.4 Å². The Bertz CT molecular complexity index is 943. The summed E-state index contributed by atoms with van der Waals surface area (Å²) in [5.74, 6) is -1.27. The molecule has 2 N–H and O–H groups in total. The molecule has 0 aliphatic carbocycles. The Balaban J connectivity index is 1.83. The summed E-state index contributed by atoms with van der Waals surface area (Å²) in [5, 5.41) is 5.58. The summed E-state index contributed by atoms with van der Waals surface area (Å²) >= 11 is 6.03. The van der Waals surface area contributed by atoms with Gasteiger partial charge in [0, 0.05) is 16.7 Å². The van der Waals surface area contributed by atoms with Crippen LogP contribution < -0.4 is 15.4 Å². The predicted octanol–water partition coefficient (Wildman–Crippen LogP) is 3.19. The lowest BCUT2D eigenvalue weighted by molar-refractivity contribution is -0.146. The molecule has 0 saturated carbocycles. The molecule has 0 bridgehead atoms. The number of aryl methyl sites for hydroxylation is 3. The van der Waals surface area contributed by atoms with E-state index in [0.29, 0.717) is 22.0 Å². The Labute approximate surface area is 174 Å². The minimum Gasteiger partial charge on any atom is -0.495 e. The van der Waals surface area contributed by atoms with Crippen molar-refractivity contribution in [3.63, 3.8) is 0 Å². The minimum absolute atomic E-state index is 0.345. The van der Waals surface area contributed by atoms with E-state index in [4.69, 9.17) is 21.1 Å². The summed E-state index contributed by atoms with van der Waals surface area (Å²) in [6.45, 7) is 4.79. The lowest BCUT2D eigenvalue weighted by Gasteiger charge is -2.12. The molecule has 7 nitrogen and oxygen atoms in total. The van der Waals surface area contributed by atoms with E-state index >= 15 is 0 Å². The molecule has 0 spiro atoms. The number of nitrogens with one attached hydrogen (secondary N) is 2. The van der Waals surface area contributed by atoms with Gasteiger partial charge in [-0.05, 0) is 55.7 Å². The zero-order chi connectivity index (χ0) is 21.6. The highest BCUT2D eigenvalue weighted by molar-refractivity contribution is 6.31. The van der Waals surface area contributed by atoms with Crippen LogP contribution in [0.25, 0.3) is 0 Å². The molecule has 0 aliphatic heterocycles. The standard InChI is InChI=1S/C21H23ClN2O5/c1-12-5-6-15(7-13(12)2)21(27)23-10-20(26)29-11-19(25)24-17-8-14(3)16(22)9-18(17)28-4/h5-9H,10-11H2,1-4H3,(H,23,27)(H,24,25). The van der Waals surface area contributed by atoms with Gasteiger partial charge in [-0.2, -0.15) is 0 Å². The molecule has 2 aromatic rings. The fourth-order valence-electron chi connectivity index (χ4n) is 2.45. The molecule has 0 aliphatic rings. The van der Waals surface area contributed by atoms with Crippen molar-refractivity contribution < 1.29 is 23.9 Å². The largest absolute Gasteiger partial charge is 0.495 e. The average Bonchev–Trinajstić information content (AvgIpc) is 2.69. The van der Waals surface area contributed by atoms with Gasteiger partial charge in [-0.25, -0.2) is 0 Å². The number of halogens is 1. The second-order valence-electron chi connectivity index (χ2n) is 6.49. The second-order valence-corrected chi connectivity index (χ2v) is 6.90. The van der Waals surface area contributed by atoms with Gasteiger partial charge in [0.1, 0.15) is 12.3 Å². The molecule has 0 unspecified atom stereocenters. The van der Waals surface area contributed by atoms with Crippen LogP contribution in [0.1, 0.15) is 27.0 Å². The third-order valence-electron chi connectivity index (χ3n) is 4.28. The first-order chi connectivity index (χ1) is 13.7. The molecule has 154 valence electrons. The summed E-state index contributed by atoms with van der Waals surface area (Å²) in [4.78, 5) is 36.0. The summed E-state index contributed by atoms with van der Waals surface area (Å²) in [6, 6.07) is 8.49. The number of amides is 2.